The van der Waals surface area contributed by atoms with E-state index in [0.29, 0.717) is 42.9 Å². The van der Waals surface area contributed by atoms with Gasteiger partial charge in [-0.3, -0.25) is 4.79 Å². The zero-order valence-electron chi connectivity index (χ0n) is 16.3. The Kier molecular flexibility index (Phi) is 8.27. The van der Waals surface area contributed by atoms with E-state index in [2.05, 4.69) is 22.9 Å². The number of benzene rings is 1. The fraction of sp³-hybridized carbons (Fsp3) is 0.632. The van der Waals surface area contributed by atoms with Crippen molar-refractivity contribution < 1.29 is 17.9 Å². The predicted octanol–water partition coefficient (Wildman–Crippen LogP) is 3.51. The van der Waals surface area contributed by atoms with Gasteiger partial charge in [-0.25, -0.2) is 8.42 Å². The van der Waals surface area contributed by atoms with Gasteiger partial charge in [0.2, 0.25) is 10.0 Å². The van der Waals surface area contributed by atoms with E-state index in [4.69, 9.17) is 4.74 Å². The van der Waals surface area contributed by atoms with E-state index in [1.807, 2.05) is 18.7 Å². The largest absolute Gasteiger partial charge is 0.379 e. The van der Waals surface area contributed by atoms with Crippen molar-refractivity contribution in [1.82, 2.24) is 9.21 Å². The minimum Gasteiger partial charge on any atom is -0.379 e. The average molecular weight is 461 g/mol. The fourth-order valence-electron chi connectivity index (χ4n) is 3.00. The van der Waals surface area contributed by atoms with Crippen LogP contribution in [0.3, 0.4) is 0 Å². The number of halogens is 1. The Morgan fingerprint density at radius 2 is 1.96 bits per heavy atom. The van der Waals surface area contributed by atoms with Crippen molar-refractivity contribution >= 4 is 31.9 Å². The quantitative estimate of drug-likeness (QED) is 0.594. The van der Waals surface area contributed by atoms with Crippen LogP contribution in [-0.4, -0.2) is 62.4 Å². The molecule has 2 rings (SSSR count). The van der Waals surface area contributed by atoms with Crippen LogP contribution in [0.25, 0.3) is 0 Å². The van der Waals surface area contributed by atoms with Gasteiger partial charge in [0.1, 0.15) is 0 Å². The minimum absolute atomic E-state index is 0.104. The molecule has 1 amide bonds. The number of unbranched alkanes of at least 4 members (excludes halogenated alkanes) is 1. The highest BCUT2D eigenvalue weighted by Crippen LogP contribution is 2.28. The highest BCUT2D eigenvalue weighted by Gasteiger charge is 2.30. The van der Waals surface area contributed by atoms with Crippen molar-refractivity contribution in [3.8, 4) is 0 Å². The van der Waals surface area contributed by atoms with Gasteiger partial charge in [0.15, 0.2) is 0 Å². The number of hydrogen-bond acceptors (Lipinski definition) is 4. The van der Waals surface area contributed by atoms with Crippen LogP contribution in [0.4, 0.5) is 0 Å². The maximum Gasteiger partial charge on any atom is 0.254 e. The van der Waals surface area contributed by atoms with E-state index in [9.17, 15) is 13.2 Å². The third-order valence-electron chi connectivity index (χ3n) is 4.90. The summed E-state index contributed by atoms with van der Waals surface area (Å²) in [7, 11) is -3.68. The van der Waals surface area contributed by atoms with Gasteiger partial charge in [-0.05, 0) is 53.9 Å². The molecule has 1 atom stereocenters. The molecule has 0 bridgehead atoms. The van der Waals surface area contributed by atoms with E-state index < -0.39 is 10.0 Å². The summed E-state index contributed by atoms with van der Waals surface area (Å²) in [5.41, 5.74) is 0.404. The molecule has 8 heteroatoms. The maximum atomic E-state index is 13.1. The van der Waals surface area contributed by atoms with Crippen LogP contribution < -0.4 is 0 Å². The standard InChI is InChI=1S/C19H29BrN2O4S/c1-4-6-9-22(15(3)5-2)19(23)16-7-8-17(20)18(14-16)27(24,25)21-10-12-26-13-11-21/h7-8,14-15H,4-6,9-13H2,1-3H3. The molecule has 6 nitrogen and oxygen atoms in total. The second-order valence-electron chi connectivity index (χ2n) is 6.77. The zero-order valence-corrected chi connectivity index (χ0v) is 18.7. The van der Waals surface area contributed by atoms with Gasteiger partial charge >= 0.3 is 0 Å². The first-order valence-corrected chi connectivity index (χ1v) is 11.7. The molecule has 0 aromatic heterocycles. The molecule has 0 spiro atoms. The number of sulfonamides is 1. The van der Waals surface area contributed by atoms with Gasteiger partial charge < -0.3 is 9.64 Å². The number of ether oxygens (including phenoxy) is 1. The summed E-state index contributed by atoms with van der Waals surface area (Å²) >= 11 is 3.34. The van der Waals surface area contributed by atoms with Crippen LogP contribution in [0.15, 0.2) is 27.6 Å². The molecule has 1 saturated heterocycles. The maximum absolute atomic E-state index is 13.1. The predicted molar refractivity (Wildman–Crippen MR) is 109 cm³/mol. The van der Waals surface area contributed by atoms with Crippen LogP contribution in [0.2, 0.25) is 0 Å². The summed E-state index contributed by atoms with van der Waals surface area (Å²) in [5, 5.41) is 0. The Hall–Kier alpha value is -0.960. The molecule has 0 aliphatic carbocycles. The first-order valence-electron chi connectivity index (χ1n) is 9.51. The summed E-state index contributed by atoms with van der Waals surface area (Å²) in [6.07, 6.45) is 2.77. The molecular weight excluding hydrogens is 432 g/mol. The Bertz CT molecular complexity index is 748. The Balaban J connectivity index is 2.36. The minimum atomic E-state index is -3.68. The van der Waals surface area contributed by atoms with E-state index in [1.54, 1.807) is 12.1 Å². The van der Waals surface area contributed by atoms with Gasteiger partial charge in [-0.1, -0.05) is 20.3 Å². The highest BCUT2D eigenvalue weighted by atomic mass is 79.9. The molecule has 1 aliphatic heterocycles. The lowest BCUT2D eigenvalue weighted by atomic mass is 10.1. The van der Waals surface area contributed by atoms with Crippen molar-refractivity contribution in [2.24, 2.45) is 0 Å². The fourth-order valence-corrected chi connectivity index (χ4v) is 5.36. The second kappa shape index (κ2) is 10.0. The molecule has 27 heavy (non-hydrogen) atoms. The van der Waals surface area contributed by atoms with Gasteiger partial charge in [0.05, 0.1) is 18.1 Å². The smallest absolute Gasteiger partial charge is 0.254 e. The van der Waals surface area contributed by atoms with Gasteiger partial charge in [0, 0.05) is 35.7 Å². The zero-order chi connectivity index (χ0) is 20.0. The van der Waals surface area contributed by atoms with Crippen LogP contribution in [0.1, 0.15) is 50.4 Å². The number of nitrogens with zero attached hydrogens (tertiary/aromatic N) is 2. The molecule has 152 valence electrons. The molecular formula is C19H29BrN2O4S. The average Bonchev–Trinajstić information content (AvgIpc) is 2.68. The first-order chi connectivity index (χ1) is 12.8. The SMILES string of the molecule is CCCCN(C(=O)c1ccc(Br)c(S(=O)(=O)N2CCOCC2)c1)C(C)CC. The molecule has 1 unspecified atom stereocenters. The first kappa shape index (κ1) is 22.3. The van der Waals surface area contributed by atoms with Crippen molar-refractivity contribution in [1.29, 1.82) is 0 Å². The summed E-state index contributed by atoms with van der Waals surface area (Å²) in [5.74, 6) is -0.122. The van der Waals surface area contributed by atoms with E-state index >= 15 is 0 Å². The van der Waals surface area contributed by atoms with Gasteiger partial charge in [0.25, 0.3) is 5.91 Å². The normalized spacial score (nSPS) is 16.9. The molecule has 0 N–H and O–H groups in total. The molecule has 1 aromatic rings. The summed E-state index contributed by atoms with van der Waals surface area (Å²) < 4.78 is 33.2. The Labute approximate surface area is 171 Å². The molecule has 1 heterocycles. The number of rotatable bonds is 8. The number of hydrogen-bond donors (Lipinski definition) is 0. The highest BCUT2D eigenvalue weighted by molar-refractivity contribution is 9.10. The van der Waals surface area contributed by atoms with Crippen molar-refractivity contribution in [2.45, 2.75) is 51.0 Å². The lowest BCUT2D eigenvalue weighted by molar-refractivity contribution is 0.0684. The van der Waals surface area contributed by atoms with Crippen LogP contribution in [0.5, 0.6) is 0 Å². The van der Waals surface area contributed by atoms with Crippen LogP contribution in [-0.2, 0) is 14.8 Å². The number of amides is 1. The second-order valence-corrected chi connectivity index (χ2v) is 9.53. The molecule has 0 saturated carbocycles. The Morgan fingerprint density at radius 3 is 2.56 bits per heavy atom. The molecule has 1 aromatic carbocycles. The summed E-state index contributed by atoms with van der Waals surface area (Å²) in [6, 6.07) is 4.94. The molecule has 1 aliphatic rings. The van der Waals surface area contributed by atoms with Crippen molar-refractivity contribution in [3.63, 3.8) is 0 Å². The van der Waals surface area contributed by atoms with Crippen molar-refractivity contribution in [2.75, 3.05) is 32.8 Å². The van der Waals surface area contributed by atoms with E-state index in [0.717, 1.165) is 19.3 Å². The van der Waals surface area contributed by atoms with E-state index in [1.165, 1.54) is 10.4 Å². The molecule has 0 radical (unpaired) electrons. The lowest BCUT2D eigenvalue weighted by Crippen LogP contribution is -2.41. The third-order valence-corrected chi connectivity index (χ3v) is 7.79. The number of carbonyl (C=O) groups is 1. The third kappa shape index (κ3) is 5.31. The lowest BCUT2D eigenvalue weighted by Gasteiger charge is -2.29. The Morgan fingerprint density at radius 1 is 1.30 bits per heavy atom. The topological polar surface area (TPSA) is 66.9 Å². The number of carbonyl (C=O) groups excluding carboxylic acids is 1. The molecule has 1 fully saturated rings. The van der Waals surface area contributed by atoms with E-state index in [-0.39, 0.29) is 16.8 Å². The van der Waals surface area contributed by atoms with Gasteiger partial charge in [-0.15, -0.1) is 0 Å². The van der Waals surface area contributed by atoms with Crippen LogP contribution in [0, 0.1) is 0 Å². The van der Waals surface area contributed by atoms with Crippen LogP contribution >= 0.6 is 15.9 Å². The van der Waals surface area contributed by atoms with Gasteiger partial charge in [-0.2, -0.15) is 4.31 Å². The monoisotopic (exact) mass is 460 g/mol. The van der Waals surface area contributed by atoms with Crippen molar-refractivity contribution in [3.05, 3.63) is 28.2 Å². The number of morpholine rings is 1. The summed E-state index contributed by atoms with van der Waals surface area (Å²) in [4.78, 5) is 15.1. The summed E-state index contributed by atoms with van der Waals surface area (Å²) in [6.45, 7) is 8.25.